The van der Waals surface area contributed by atoms with Crippen LogP contribution >= 0.6 is 0 Å². The number of nitrogens with zero attached hydrogens (tertiary/aromatic N) is 4. The van der Waals surface area contributed by atoms with Crippen molar-refractivity contribution in [2.75, 3.05) is 0 Å². The van der Waals surface area contributed by atoms with Crippen LogP contribution in [-0.4, -0.2) is 19.5 Å². The van der Waals surface area contributed by atoms with Crippen molar-refractivity contribution < 1.29 is 4.42 Å². The molecule has 0 bridgehead atoms. The van der Waals surface area contributed by atoms with Crippen LogP contribution < -0.4 is 0 Å². The van der Waals surface area contributed by atoms with Crippen molar-refractivity contribution in [1.29, 1.82) is 0 Å². The average Bonchev–Trinajstić information content (AvgIpc) is 3.36. The Labute approximate surface area is 159 Å². The standard InChI is InChI=1S/C23H14N4O/c1-2-6-19-17(5-1)22-18-9-11-28-21(18)8-7-20(22)27(19)16-13-25-23(26-14-16)15-4-3-10-24-12-15/h1-14H. The molecule has 4 heterocycles. The van der Waals surface area contributed by atoms with E-state index in [1.54, 1.807) is 18.7 Å². The highest BCUT2D eigenvalue weighted by molar-refractivity contribution is 6.20. The average molecular weight is 362 g/mol. The van der Waals surface area contributed by atoms with Crippen molar-refractivity contribution in [1.82, 2.24) is 19.5 Å². The largest absolute Gasteiger partial charge is 0.464 e. The molecule has 0 fully saturated rings. The summed E-state index contributed by atoms with van der Waals surface area (Å²) in [7, 11) is 0. The van der Waals surface area contributed by atoms with Gasteiger partial charge in [0.2, 0.25) is 0 Å². The highest BCUT2D eigenvalue weighted by Gasteiger charge is 2.16. The summed E-state index contributed by atoms with van der Waals surface area (Å²) in [6, 6.07) is 18.3. The van der Waals surface area contributed by atoms with Crippen LogP contribution in [0.1, 0.15) is 0 Å². The highest BCUT2D eigenvalue weighted by Crippen LogP contribution is 2.36. The number of hydrogen-bond acceptors (Lipinski definition) is 4. The Morgan fingerprint density at radius 2 is 1.64 bits per heavy atom. The summed E-state index contributed by atoms with van der Waals surface area (Å²) < 4.78 is 7.81. The van der Waals surface area contributed by atoms with Crippen molar-refractivity contribution >= 4 is 32.8 Å². The second-order valence-electron chi connectivity index (χ2n) is 6.65. The molecule has 0 N–H and O–H groups in total. The molecule has 0 saturated carbocycles. The third-order valence-electron chi connectivity index (χ3n) is 5.08. The highest BCUT2D eigenvalue weighted by atomic mass is 16.3. The molecular weight excluding hydrogens is 348 g/mol. The van der Waals surface area contributed by atoms with Gasteiger partial charge in [0.1, 0.15) is 5.58 Å². The summed E-state index contributed by atoms with van der Waals surface area (Å²) in [5, 5.41) is 3.47. The molecule has 0 aliphatic rings. The maximum Gasteiger partial charge on any atom is 0.160 e. The predicted octanol–water partition coefficient (Wildman–Crippen LogP) is 5.38. The fourth-order valence-corrected chi connectivity index (χ4v) is 3.87. The van der Waals surface area contributed by atoms with E-state index in [-0.39, 0.29) is 0 Å². The van der Waals surface area contributed by atoms with Gasteiger partial charge in [0.05, 0.1) is 35.4 Å². The van der Waals surface area contributed by atoms with Crippen LogP contribution in [0.3, 0.4) is 0 Å². The Morgan fingerprint density at radius 1 is 0.750 bits per heavy atom. The van der Waals surface area contributed by atoms with Crippen molar-refractivity contribution in [3.8, 4) is 17.1 Å². The number of pyridine rings is 1. The van der Waals surface area contributed by atoms with Gasteiger partial charge in [-0.15, -0.1) is 0 Å². The van der Waals surface area contributed by atoms with Crippen molar-refractivity contribution in [2.45, 2.75) is 0 Å². The number of fused-ring (bicyclic) bond motifs is 5. The summed E-state index contributed by atoms with van der Waals surface area (Å²) in [4.78, 5) is 13.3. The first-order chi connectivity index (χ1) is 13.9. The second-order valence-corrected chi connectivity index (χ2v) is 6.65. The Kier molecular flexibility index (Phi) is 3.10. The Morgan fingerprint density at radius 3 is 2.50 bits per heavy atom. The van der Waals surface area contributed by atoms with Gasteiger partial charge in [-0.3, -0.25) is 4.98 Å². The minimum Gasteiger partial charge on any atom is -0.464 e. The van der Waals surface area contributed by atoms with Crippen LogP contribution in [0.2, 0.25) is 0 Å². The first kappa shape index (κ1) is 15.1. The van der Waals surface area contributed by atoms with E-state index in [9.17, 15) is 0 Å². The van der Waals surface area contributed by atoms with E-state index in [1.807, 2.05) is 36.7 Å². The maximum absolute atomic E-state index is 5.61. The number of para-hydroxylation sites is 1. The number of hydrogen-bond donors (Lipinski definition) is 0. The Balaban J connectivity index is 1.63. The van der Waals surface area contributed by atoms with Gasteiger partial charge in [0.25, 0.3) is 0 Å². The number of furan rings is 1. The Bertz CT molecular complexity index is 1450. The SMILES string of the molecule is c1cncc(-c2ncc(-n3c4ccccc4c4c5ccoc5ccc43)cn2)c1. The quantitative estimate of drug-likeness (QED) is 0.415. The van der Waals surface area contributed by atoms with Crippen molar-refractivity contribution in [3.05, 3.63) is 85.6 Å². The molecule has 0 saturated heterocycles. The van der Waals surface area contributed by atoms with E-state index in [1.165, 1.54) is 10.8 Å². The zero-order valence-corrected chi connectivity index (χ0v) is 14.8. The number of rotatable bonds is 2. The van der Waals surface area contributed by atoms with E-state index in [0.717, 1.165) is 33.3 Å². The van der Waals surface area contributed by atoms with Gasteiger partial charge in [-0.05, 0) is 36.4 Å². The van der Waals surface area contributed by atoms with E-state index in [0.29, 0.717) is 5.82 Å². The zero-order valence-electron chi connectivity index (χ0n) is 14.8. The van der Waals surface area contributed by atoms with Gasteiger partial charge in [-0.25, -0.2) is 9.97 Å². The summed E-state index contributed by atoms with van der Waals surface area (Å²) >= 11 is 0. The van der Waals surface area contributed by atoms with Crippen LogP contribution in [0.25, 0.3) is 49.9 Å². The smallest absolute Gasteiger partial charge is 0.160 e. The van der Waals surface area contributed by atoms with Crippen LogP contribution in [0, 0.1) is 0 Å². The molecule has 5 heteroatoms. The van der Waals surface area contributed by atoms with Gasteiger partial charge in [-0.1, -0.05) is 18.2 Å². The normalized spacial score (nSPS) is 11.6. The molecule has 6 aromatic rings. The van der Waals surface area contributed by atoms with Gasteiger partial charge < -0.3 is 8.98 Å². The summed E-state index contributed by atoms with van der Waals surface area (Å²) in [5.74, 6) is 0.662. The van der Waals surface area contributed by atoms with Crippen LogP contribution in [-0.2, 0) is 0 Å². The molecule has 28 heavy (non-hydrogen) atoms. The van der Waals surface area contributed by atoms with E-state index in [4.69, 9.17) is 4.42 Å². The van der Waals surface area contributed by atoms with Crippen LogP contribution in [0.15, 0.2) is 90.1 Å². The van der Waals surface area contributed by atoms with Gasteiger partial charge in [-0.2, -0.15) is 0 Å². The minimum atomic E-state index is 0.662. The Hall–Kier alpha value is -3.99. The third kappa shape index (κ3) is 2.10. The number of aromatic nitrogens is 4. The second kappa shape index (κ2) is 5.76. The summed E-state index contributed by atoms with van der Waals surface area (Å²) in [6.07, 6.45) is 8.97. The molecule has 5 nitrogen and oxygen atoms in total. The lowest BCUT2D eigenvalue weighted by atomic mass is 10.1. The van der Waals surface area contributed by atoms with Crippen molar-refractivity contribution in [2.24, 2.45) is 0 Å². The summed E-state index contributed by atoms with van der Waals surface area (Å²) in [5.41, 5.74) is 4.92. The molecule has 0 atom stereocenters. The van der Waals surface area contributed by atoms with Gasteiger partial charge in [0.15, 0.2) is 5.82 Å². The first-order valence-corrected chi connectivity index (χ1v) is 9.02. The molecule has 6 rings (SSSR count). The molecular formula is C23H14N4O. The predicted molar refractivity (Wildman–Crippen MR) is 109 cm³/mol. The first-order valence-electron chi connectivity index (χ1n) is 9.02. The lowest BCUT2D eigenvalue weighted by molar-refractivity contribution is 0.616. The number of benzene rings is 2. The maximum atomic E-state index is 5.61. The molecule has 0 aliphatic heterocycles. The van der Waals surface area contributed by atoms with Gasteiger partial charge >= 0.3 is 0 Å². The lowest BCUT2D eigenvalue weighted by Crippen LogP contribution is -1.97. The fraction of sp³-hybridized carbons (Fsp3) is 0. The van der Waals surface area contributed by atoms with Crippen LogP contribution in [0.4, 0.5) is 0 Å². The van der Waals surface area contributed by atoms with Crippen molar-refractivity contribution in [3.63, 3.8) is 0 Å². The third-order valence-corrected chi connectivity index (χ3v) is 5.08. The van der Waals surface area contributed by atoms with E-state index >= 15 is 0 Å². The van der Waals surface area contributed by atoms with Gasteiger partial charge in [0, 0.05) is 34.1 Å². The minimum absolute atomic E-state index is 0.662. The van der Waals surface area contributed by atoms with E-state index in [2.05, 4.69) is 49.9 Å². The van der Waals surface area contributed by atoms with Crippen LogP contribution in [0.5, 0.6) is 0 Å². The molecule has 0 spiro atoms. The molecule has 0 amide bonds. The molecule has 0 radical (unpaired) electrons. The fourth-order valence-electron chi connectivity index (χ4n) is 3.87. The summed E-state index contributed by atoms with van der Waals surface area (Å²) in [6.45, 7) is 0. The monoisotopic (exact) mass is 362 g/mol. The zero-order chi connectivity index (χ0) is 18.5. The molecule has 2 aromatic carbocycles. The topological polar surface area (TPSA) is 56.7 Å². The lowest BCUT2D eigenvalue weighted by Gasteiger charge is -2.07. The van der Waals surface area contributed by atoms with E-state index < -0.39 is 0 Å². The molecule has 0 aliphatic carbocycles. The molecule has 132 valence electrons. The molecule has 0 unspecified atom stereocenters. The molecule has 4 aromatic heterocycles.